The van der Waals surface area contributed by atoms with E-state index < -0.39 is 10.0 Å². The van der Waals surface area contributed by atoms with Crippen molar-refractivity contribution < 1.29 is 8.42 Å². The van der Waals surface area contributed by atoms with Crippen LogP contribution in [0.4, 0.5) is 0 Å². The average molecular weight is 263 g/mol. The second-order valence-electron chi connectivity index (χ2n) is 5.96. The van der Waals surface area contributed by atoms with Gasteiger partial charge < -0.3 is 0 Å². The zero-order valence-corrected chi connectivity index (χ0v) is 11.2. The molecule has 2 saturated carbocycles. The Hall–Kier alpha value is -0.870. The molecule has 0 radical (unpaired) electrons. The van der Waals surface area contributed by atoms with E-state index in [-0.39, 0.29) is 0 Å². The van der Waals surface area contributed by atoms with E-state index in [4.69, 9.17) is 0 Å². The predicted molar refractivity (Wildman–Crippen MR) is 68.6 cm³/mol. The zero-order valence-electron chi connectivity index (χ0n) is 10.4. The minimum absolute atomic E-state index is 0.329. The Kier molecular flexibility index (Phi) is 2.06. The molecule has 0 unspecified atom stereocenters. The highest BCUT2D eigenvalue weighted by molar-refractivity contribution is 7.89. The molecule has 1 aliphatic heterocycles. The van der Waals surface area contributed by atoms with Gasteiger partial charge in [0.25, 0.3) is 0 Å². The zero-order chi connectivity index (χ0) is 12.5. The number of hydrogen-bond donors (Lipinski definition) is 0. The lowest BCUT2D eigenvalue weighted by Crippen LogP contribution is -2.21. The van der Waals surface area contributed by atoms with E-state index >= 15 is 0 Å². The molecule has 1 aromatic carbocycles. The maximum Gasteiger partial charge on any atom is 0.243 e. The van der Waals surface area contributed by atoms with E-state index in [1.54, 1.807) is 16.4 Å². The Morgan fingerprint density at radius 2 is 1.61 bits per heavy atom. The van der Waals surface area contributed by atoms with Gasteiger partial charge in [-0.1, -0.05) is 17.7 Å². The van der Waals surface area contributed by atoms with Gasteiger partial charge in [-0.25, -0.2) is 8.42 Å². The van der Waals surface area contributed by atoms with Crippen LogP contribution in [0.15, 0.2) is 29.2 Å². The van der Waals surface area contributed by atoms with Gasteiger partial charge in [0.2, 0.25) is 10.0 Å². The summed E-state index contributed by atoms with van der Waals surface area (Å²) in [4.78, 5) is 0.460. The lowest BCUT2D eigenvalue weighted by atomic mass is 10.0. The van der Waals surface area contributed by atoms with Gasteiger partial charge in [-0.05, 0) is 50.2 Å². The summed E-state index contributed by atoms with van der Waals surface area (Å²) < 4.78 is 26.9. The molecule has 96 valence electrons. The molecule has 18 heavy (non-hydrogen) atoms. The fourth-order valence-corrected chi connectivity index (χ4v) is 5.95. The Morgan fingerprint density at radius 3 is 2.17 bits per heavy atom. The predicted octanol–water partition coefficient (Wildman–Crippen LogP) is 2.17. The van der Waals surface area contributed by atoms with Crippen molar-refractivity contribution >= 4 is 10.0 Å². The monoisotopic (exact) mass is 263 g/mol. The van der Waals surface area contributed by atoms with Gasteiger partial charge in [0.1, 0.15) is 0 Å². The number of piperidine rings is 1. The topological polar surface area (TPSA) is 37.1 Å². The molecule has 0 amide bonds. The third kappa shape index (κ3) is 1.30. The minimum atomic E-state index is -3.23. The van der Waals surface area contributed by atoms with Crippen molar-refractivity contribution in [2.45, 2.75) is 43.2 Å². The standard InChI is InChI=1S/C14H17NO2S/c1-9-2-6-12(7-3-9)18(16,17)15-13-10-4-5-11(8-10)14(13)15/h2-3,6-7,10-11,13-14H,4-5,8H2,1H3/t10-,11-,13+,14+/m0/s1. The Balaban J connectivity index is 1.68. The van der Waals surface area contributed by atoms with Crippen molar-refractivity contribution in [1.82, 2.24) is 4.31 Å². The number of nitrogens with zero attached hydrogens (tertiary/aromatic N) is 1. The molecule has 0 N–H and O–H groups in total. The van der Waals surface area contributed by atoms with E-state index in [2.05, 4.69) is 0 Å². The summed E-state index contributed by atoms with van der Waals surface area (Å²) in [6, 6.07) is 7.88. The van der Waals surface area contributed by atoms with Crippen molar-refractivity contribution in [1.29, 1.82) is 0 Å². The molecule has 2 bridgehead atoms. The summed E-state index contributed by atoms with van der Waals surface area (Å²) >= 11 is 0. The second-order valence-corrected chi connectivity index (χ2v) is 7.81. The quantitative estimate of drug-likeness (QED) is 0.767. The van der Waals surface area contributed by atoms with Gasteiger partial charge >= 0.3 is 0 Å². The first-order valence-corrected chi connectivity index (χ1v) is 8.13. The smallest absolute Gasteiger partial charge is 0.207 e. The van der Waals surface area contributed by atoms with E-state index in [0.717, 1.165) is 5.56 Å². The van der Waals surface area contributed by atoms with Crippen LogP contribution in [-0.4, -0.2) is 24.8 Å². The first kappa shape index (κ1) is 11.0. The molecular weight excluding hydrogens is 246 g/mol. The first-order chi connectivity index (χ1) is 8.59. The van der Waals surface area contributed by atoms with E-state index in [0.29, 0.717) is 28.8 Å². The van der Waals surface area contributed by atoms with Gasteiger partial charge in [0.15, 0.2) is 0 Å². The molecule has 1 saturated heterocycles. The summed E-state index contributed by atoms with van der Waals surface area (Å²) in [5.41, 5.74) is 1.10. The SMILES string of the molecule is Cc1ccc(S(=O)(=O)N2[C@@H]3[C@H]4CC[C@@H](C4)[C@H]32)cc1. The van der Waals surface area contributed by atoms with Crippen LogP contribution in [0.3, 0.4) is 0 Å². The number of sulfonamides is 1. The molecule has 1 heterocycles. The van der Waals surface area contributed by atoms with Crippen LogP contribution in [0.2, 0.25) is 0 Å². The highest BCUT2D eigenvalue weighted by Gasteiger charge is 2.68. The van der Waals surface area contributed by atoms with Gasteiger partial charge in [0, 0.05) is 12.1 Å². The van der Waals surface area contributed by atoms with Crippen molar-refractivity contribution in [3.63, 3.8) is 0 Å². The summed E-state index contributed by atoms with van der Waals surface area (Å²) in [6.07, 6.45) is 3.72. The summed E-state index contributed by atoms with van der Waals surface area (Å²) in [5.74, 6) is 1.28. The molecule has 2 aliphatic carbocycles. The highest BCUT2D eigenvalue weighted by atomic mass is 32.2. The van der Waals surface area contributed by atoms with Gasteiger partial charge in [0.05, 0.1) is 4.90 Å². The van der Waals surface area contributed by atoms with Crippen LogP contribution < -0.4 is 0 Å². The van der Waals surface area contributed by atoms with E-state index in [9.17, 15) is 8.42 Å². The fourth-order valence-electron chi connectivity index (χ4n) is 4.05. The van der Waals surface area contributed by atoms with Crippen LogP contribution in [0.1, 0.15) is 24.8 Å². The van der Waals surface area contributed by atoms with E-state index in [1.807, 2.05) is 19.1 Å². The van der Waals surface area contributed by atoms with Gasteiger partial charge in [-0.2, -0.15) is 4.31 Å². The molecular formula is C14H17NO2S. The summed E-state index contributed by atoms with van der Waals surface area (Å²) in [5, 5.41) is 0. The molecule has 0 aromatic heterocycles. The number of benzene rings is 1. The van der Waals surface area contributed by atoms with Gasteiger partial charge in [-0.3, -0.25) is 0 Å². The number of hydrogen-bond acceptors (Lipinski definition) is 2. The third-order valence-electron chi connectivity index (χ3n) is 4.92. The van der Waals surface area contributed by atoms with E-state index in [1.165, 1.54) is 19.3 Å². The molecule has 4 heteroatoms. The summed E-state index contributed by atoms with van der Waals surface area (Å²) in [7, 11) is -3.23. The third-order valence-corrected chi connectivity index (χ3v) is 6.83. The normalized spacial score (nSPS) is 40.8. The lowest BCUT2D eigenvalue weighted by Gasteiger charge is -2.12. The van der Waals surface area contributed by atoms with Crippen LogP contribution in [0.25, 0.3) is 0 Å². The molecule has 4 rings (SSSR count). The summed E-state index contributed by atoms with van der Waals surface area (Å²) in [6.45, 7) is 1.97. The first-order valence-electron chi connectivity index (χ1n) is 6.69. The number of rotatable bonds is 2. The van der Waals surface area contributed by atoms with Crippen molar-refractivity contribution in [3.8, 4) is 0 Å². The molecule has 3 aliphatic rings. The lowest BCUT2D eigenvalue weighted by molar-refractivity contribution is 0.447. The Morgan fingerprint density at radius 1 is 1.06 bits per heavy atom. The minimum Gasteiger partial charge on any atom is -0.207 e. The van der Waals surface area contributed by atoms with Crippen LogP contribution >= 0.6 is 0 Å². The highest BCUT2D eigenvalue weighted by Crippen LogP contribution is 2.60. The van der Waals surface area contributed by atoms with Crippen molar-refractivity contribution in [3.05, 3.63) is 29.8 Å². The van der Waals surface area contributed by atoms with Crippen molar-refractivity contribution in [2.24, 2.45) is 11.8 Å². The maximum atomic E-state index is 12.6. The number of aryl methyl sites for hydroxylation is 1. The van der Waals surface area contributed by atoms with Crippen LogP contribution in [-0.2, 0) is 10.0 Å². The van der Waals surface area contributed by atoms with Crippen molar-refractivity contribution in [2.75, 3.05) is 0 Å². The maximum absolute atomic E-state index is 12.6. The van der Waals surface area contributed by atoms with Gasteiger partial charge in [-0.15, -0.1) is 0 Å². The largest absolute Gasteiger partial charge is 0.243 e. The second kappa shape index (κ2) is 3.36. The Bertz CT molecular complexity index is 577. The van der Waals surface area contributed by atoms with Crippen LogP contribution in [0, 0.1) is 18.8 Å². The Labute approximate surface area is 108 Å². The molecule has 4 atom stereocenters. The molecule has 1 aromatic rings. The average Bonchev–Trinajstić information content (AvgIpc) is 2.83. The fraction of sp³-hybridized carbons (Fsp3) is 0.571. The number of fused-ring (bicyclic) bond motifs is 5. The molecule has 0 spiro atoms. The molecule has 3 nitrogen and oxygen atoms in total. The molecule has 3 fully saturated rings. The van der Waals surface area contributed by atoms with Crippen LogP contribution in [0.5, 0.6) is 0 Å².